The highest BCUT2D eigenvalue weighted by molar-refractivity contribution is 6.15. The van der Waals surface area contributed by atoms with Gasteiger partial charge in [-0.05, 0) is 30.5 Å². The minimum absolute atomic E-state index is 0.107. The number of amides is 2. The van der Waals surface area contributed by atoms with Crippen molar-refractivity contribution in [3.8, 4) is 0 Å². The molecule has 2 aromatic carbocycles. The van der Waals surface area contributed by atoms with E-state index < -0.39 is 11.5 Å². The molecule has 6 heteroatoms. The Balaban J connectivity index is 1.53. The van der Waals surface area contributed by atoms with E-state index in [2.05, 4.69) is 5.32 Å². The summed E-state index contributed by atoms with van der Waals surface area (Å²) in [5, 5.41) is 2.93. The summed E-state index contributed by atoms with van der Waals surface area (Å²) < 4.78 is 5.25. The predicted octanol–water partition coefficient (Wildman–Crippen LogP) is 3.07. The van der Waals surface area contributed by atoms with E-state index in [0.717, 1.165) is 18.4 Å². The highest BCUT2D eigenvalue weighted by atomic mass is 16.5. The summed E-state index contributed by atoms with van der Waals surface area (Å²) in [6.07, 6.45) is 3.09. The number of para-hydroxylation sites is 2. The quantitative estimate of drug-likeness (QED) is 0.830. The van der Waals surface area contributed by atoms with Crippen molar-refractivity contribution >= 4 is 29.2 Å². The van der Waals surface area contributed by atoms with Crippen LogP contribution in [0.25, 0.3) is 0 Å². The summed E-state index contributed by atoms with van der Waals surface area (Å²) in [7, 11) is 0. The van der Waals surface area contributed by atoms with Crippen LogP contribution in [0.3, 0.4) is 0 Å². The third-order valence-electron chi connectivity index (χ3n) is 5.47. The molecule has 1 heterocycles. The fourth-order valence-corrected chi connectivity index (χ4v) is 4.15. The maximum Gasteiger partial charge on any atom is 0.310 e. The third-order valence-corrected chi connectivity index (χ3v) is 5.47. The van der Waals surface area contributed by atoms with Crippen LogP contribution < -0.4 is 10.2 Å². The summed E-state index contributed by atoms with van der Waals surface area (Å²) in [4.78, 5) is 39.7. The van der Waals surface area contributed by atoms with Crippen LogP contribution in [-0.2, 0) is 25.5 Å². The minimum Gasteiger partial charge on any atom is -0.455 e. The van der Waals surface area contributed by atoms with Gasteiger partial charge in [-0.25, -0.2) is 0 Å². The van der Waals surface area contributed by atoms with Crippen molar-refractivity contribution in [3.63, 3.8) is 0 Å². The number of fused-ring (bicyclic) bond motifs is 1. The molecule has 2 amide bonds. The van der Waals surface area contributed by atoms with Gasteiger partial charge in [0, 0.05) is 0 Å². The molecule has 1 N–H and O–H groups in total. The first kappa shape index (κ1) is 18.2. The zero-order valence-corrected chi connectivity index (χ0v) is 15.5. The number of ether oxygens (including phenoxy) is 1. The first-order chi connectivity index (χ1) is 13.6. The molecule has 28 heavy (non-hydrogen) atoms. The van der Waals surface area contributed by atoms with Gasteiger partial charge in [0.1, 0.15) is 5.54 Å². The summed E-state index contributed by atoms with van der Waals surface area (Å²) in [6.45, 7) is -0.380. The normalized spacial score (nSPS) is 17.1. The molecule has 1 aliphatic carbocycles. The molecule has 6 nitrogen and oxygen atoms in total. The molecule has 1 saturated carbocycles. The number of hydrogen-bond donors (Lipinski definition) is 1. The average molecular weight is 378 g/mol. The van der Waals surface area contributed by atoms with Crippen LogP contribution in [0.15, 0.2) is 54.6 Å². The fourth-order valence-electron chi connectivity index (χ4n) is 4.15. The number of benzene rings is 2. The zero-order chi connectivity index (χ0) is 19.6. The van der Waals surface area contributed by atoms with E-state index in [9.17, 15) is 14.4 Å². The van der Waals surface area contributed by atoms with Crippen LogP contribution in [0.5, 0.6) is 0 Å². The Kier molecular flexibility index (Phi) is 4.86. The average Bonchev–Trinajstić information content (AvgIpc) is 3.18. The van der Waals surface area contributed by atoms with Crippen molar-refractivity contribution in [1.82, 2.24) is 0 Å². The van der Waals surface area contributed by atoms with Gasteiger partial charge in [-0.1, -0.05) is 55.3 Å². The van der Waals surface area contributed by atoms with Crippen LogP contribution in [-0.4, -0.2) is 29.9 Å². The van der Waals surface area contributed by atoms with Crippen LogP contribution in [0.1, 0.15) is 31.2 Å². The van der Waals surface area contributed by atoms with Crippen LogP contribution in [0, 0.1) is 0 Å². The van der Waals surface area contributed by atoms with E-state index >= 15 is 0 Å². The third kappa shape index (κ3) is 3.26. The van der Waals surface area contributed by atoms with Gasteiger partial charge in [0.05, 0.1) is 17.8 Å². The largest absolute Gasteiger partial charge is 0.455 e. The second-order valence-electron chi connectivity index (χ2n) is 7.26. The lowest BCUT2D eigenvalue weighted by molar-refractivity contribution is -0.147. The van der Waals surface area contributed by atoms with Gasteiger partial charge >= 0.3 is 5.97 Å². The second-order valence-corrected chi connectivity index (χ2v) is 7.26. The van der Waals surface area contributed by atoms with Crippen molar-refractivity contribution in [2.24, 2.45) is 0 Å². The summed E-state index contributed by atoms with van der Waals surface area (Å²) in [6, 6.07) is 16.5. The molecule has 144 valence electrons. The van der Waals surface area contributed by atoms with Crippen molar-refractivity contribution in [3.05, 3.63) is 60.2 Å². The number of carbonyl (C=O) groups excluding carboxylic acids is 3. The number of hydrogen-bond acceptors (Lipinski definition) is 4. The van der Waals surface area contributed by atoms with Gasteiger partial charge in [-0.3, -0.25) is 19.3 Å². The maximum atomic E-state index is 13.1. The summed E-state index contributed by atoms with van der Waals surface area (Å²) in [5.41, 5.74) is 1.20. The number of anilines is 2. The van der Waals surface area contributed by atoms with Crippen LogP contribution in [0.4, 0.5) is 11.4 Å². The summed E-state index contributed by atoms with van der Waals surface area (Å²) >= 11 is 0. The van der Waals surface area contributed by atoms with Gasteiger partial charge in [0.15, 0.2) is 6.61 Å². The molecule has 0 unspecified atom stereocenters. The van der Waals surface area contributed by atoms with Gasteiger partial charge in [0.2, 0.25) is 0 Å². The Bertz CT molecular complexity index is 904. The van der Waals surface area contributed by atoms with E-state index in [1.54, 1.807) is 11.0 Å². The van der Waals surface area contributed by atoms with Crippen molar-refractivity contribution in [2.75, 3.05) is 16.8 Å². The molecule has 4 rings (SSSR count). The highest BCUT2D eigenvalue weighted by Crippen LogP contribution is 2.45. The number of esters is 1. The molecule has 2 aromatic rings. The molecule has 0 saturated heterocycles. The second kappa shape index (κ2) is 7.46. The van der Waals surface area contributed by atoms with Gasteiger partial charge in [0.25, 0.3) is 11.8 Å². The standard InChI is InChI=1S/C22H22N2O4/c25-19(15-28-20(26)14-16-8-2-1-3-9-16)24-18-11-5-4-10-17(18)23-21(27)22(24)12-6-7-13-22/h1-5,8-11H,6-7,12-15H2,(H,23,27). The predicted molar refractivity (Wildman–Crippen MR) is 105 cm³/mol. The smallest absolute Gasteiger partial charge is 0.310 e. The first-order valence-electron chi connectivity index (χ1n) is 9.53. The van der Waals surface area contributed by atoms with Crippen molar-refractivity contribution in [1.29, 1.82) is 0 Å². The molecular formula is C22H22N2O4. The molecule has 1 fully saturated rings. The topological polar surface area (TPSA) is 75.7 Å². The fraction of sp³-hybridized carbons (Fsp3) is 0.318. The van der Waals surface area contributed by atoms with Crippen LogP contribution in [0.2, 0.25) is 0 Å². The Hall–Kier alpha value is -3.15. The lowest BCUT2D eigenvalue weighted by Gasteiger charge is -2.44. The Morgan fingerprint density at radius 1 is 1.00 bits per heavy atom. The van der Waals surface area contributed by atoms with E-state index in [1.807, 2.05) is 48.5 Å². The van der Waals surface area contributed by atoms with Gasteiger partial charge in [-0.15, -0.1) is 0 Å². The van der Waals surface area contributed by atoms with E-state index in [-0.39, 0.29) is 24.8 Å². The minimum atomic E-state index is -0.892. The maximum absolute atomic E-state index is 13.1. The lowest BCUT2D eigenvalue weighted by atomic mass is 9.90. The molecule has 0 radical (unpaired) electrons. The number of nitrogens with zero attached hydrogens (tertiary/aromatic N) is 1. The van der Waals surface area contributed by atoms with Crippen molar-refractivity contribution < 1.29 is 19.1 Å². The van der Waals surface area contributed by atoms with Gasteiger partial charge in [-0.2, -0.15) is 0 Å². The van der Waals surface area contributed by atoms with E-state index in [4.69, 9.17) is 4.74 Å². The molecule has 0 atom stereocenters. The number of nitrogens with one attached hydrogen (secondary N) is 1. The Morgan fingerprint density at radius 2 is 1.68 bits per heavy atom. The number of carbonyl (C=O) groups is 3. The Labute approximate surface area is 163 Å². The zero-order valence-electron chi connectivity index (χ0n) is 15.5. The SMILES string of the molecule is O=C(Cc1ccccc1)OCC(=O)N1c2ccccc2NC(=O)C12CCCC2. The molecular weight excluding hydrogens is 356 g/mol. The van der Waals surface area contributed by atoms with E-state index in [0.29, 0.717) is 24.2 Å². The van der Waals surface area contributed by atoms with Crippen LogP contribution >= 0.6 is 0 Å². The van der Waals surface area contributed by atoms with E-state index in [1.165, 1.54) is 0 Å². The Morgan fingerprint density at radius 3 is 2.43 bits per heavy atom. The van der Waals surface area contributed by atoms with Gasteiger partial charge < -0.3 is 10.1 Å². The molecule has 2 aliphatic rings. The molecule has 0 aromatic heterocycles. The monoisotopic (exact) mass is 378 g/mol. The lowest BCUT2D eigenvalue weighted by Crippen LogP contribution is -2.61. The molecule has 1 aliphatic heterocycles. The molecule has 0 bridgehead atoms. The first-order valence-corrected chi connectivity index (χ1v) is 9.53. The van der Waals surface area contributed by atoms with Crippen molar-refractivity contribution in [2.45, 2.75) is 37.6 Å². The molecule has 1 spiro atoms. The number of rotatable bonds is 4. The summed E-state index contributed by atoms with van der Waals surface area (Å²) in [5.74, 6) is -0.993. The highest BCUT2D eigenvalue weighted by Gasteiger charge is 2.52.